The minimum absolute atomic E-state index is 0.0168. The van der Waals surface area contributed by atoms with Crippen molar-refractivity contribution in [1.29, 1.82) is 0 Å². The van der Waals surface area contributed by atoms with E-state index in [4.69, 9.17) is 0 Å². The van der Waals surface area contributed by atoms with E-state index < -0.39 is 17.3 Å². The van der Waals surface area contributed by atoms with Gasteiger partial charge in [0.1, 0.15) is 5.03 Å². The van der Waals surface area contributed by atoms with Gasteiger partial charge in [-0.15, -0.1) is 0 Å². The highest BCUT2D eigenvalue weighted by Gasteiger charge is 2.23. The van der Waals surface area contributed by atoms with Crippen molar-refractivity contribution in [3.63, 3.8) is 0 Å². The zero-order chi connectivity index (χ0) is 16.8. The third-order valence-corrected chi connectivity index (χ3v) is 3.83. The second-order valence-corrected chi connectivity index (χ2v) is 6.83. The van der Waals surface area contributed by atoms with E-state index in [1.54, 1.807) is 6.92 Å². The number of nitrogens with one attached hydrogen (secondary N) is 1. The number of rotatable bonds is 8. The lowest BCUT2D eigenvalue weighted by Crippen LogP contribution is -2.41. The van der Waals surface area contributed by atoms with Crippen LogP contribution in [0.5, 0.6) is 0 Å². The number of nitrogens with zero attached hydrogens (tertiary/aromatic N) is 1. The summed E-state index contributed by atoms with van der Waals surface area (Å²) >= 11 is 0.233. The van der Waals surface area contributed by atoms with Gasteiger partial charge in [0.05, 0.1) is 11.2 Å². The number of aliphatic hydroxyl groups is 1. The summed E-state index contributed by atoms with van der Waals surface area (Å²) in [7, 11) is 0. The number of pyridine rings is 1. The molecule has 0 aliphatic carbocycles. The van der Waals surface area contributed by atoms with Crippen LogP contribution in [0.4, 0.5) is 8.78 Å². The molecule has 0 aliphatic heterocycles. The van der Waals surface area contributed by atoms with Crippen molar-refractivity contribution in [2.24, 2.45) is 5.92 Å². The smallest absolute Gasteiger partial charge is 0.290 e. The van der Waals surface area contributed by atoms with E-state index in [9.17, 15) is 18.7 Å². The zero-order valence-corrected chi connectivity index (χ0v) is 13.8. The summed E-state index contributed by atoms with van der Waals surface area (Å²) in [6, 6.07) is 2.96. The van der Waals surface area contributed by atoms with Gasteiger partial charge in [0.25, 0.3) is 11.7 Å². The summed E-state index contributed by atoms with van der Waals surface area (Å²) in [5.74, 6) is -2.70. The molecule has 1 rings (SSSR count). The Kier molecular flexibility index (Phi) is 7.22. The molecule has 4 nitrogen and oxygen atoms in total. The van der Waals surface area contributed by atoms with E-state index in [-0.39, 0.29) is 28.9 Å². The molecule has 0 aliphatic rings. The van der Waals surface area contributed by atoms with Crippen LogP contribution in [0.1, 0.15) is 44.0 Å². The summed E-state index contributed by atoms with van der Waals surface area (Å²) in [6.45, 7) is 5.82. The quantitative estimate of drug-likeness (QED) is 0.717. The van der Waals surface area contributed by atoms with Gasteiger partial charge < -0.3 is 10.4 Å². The number of halogens is 2. The summed E-state index contributed by atoms with van der Waals surface area (Å²) in [5, 5.41) is 12.8. The molecule has 0 aromatic carbocycles. The molecule has 1 heterocycles. The Balaban J connectivity index is 2.66. The van der Waals surface area contributed by atoms with Gasteiger partial charge in [0.2, 0.25) is 0 Å². The molecule has 0 bridgehead atoms. The van der Waals surface area contributed by atoms with Crippen LogP contribution in [-0.4, -0.2) is 33.9 Å². The fourth-order valence-electron chi connectivity index (χ4n) is 1.80. The monoisotopic (exact) mass is 332 g/mol. The van der Waals surface area contributed by atoms with E-state index in [0.717, 1.165) is 6.42 Å². The first-order valence-electron chi connectivity index (χ1n) is 7.11. The molecule has 0 fully saturated rings. The second kappa shape index (κ2) is 8.43. The highest BCUT2D eigenvalue weighted by molar-refractivity contribution is 7.99. The van der Waals surface area contributed by atoms with Crippen molar-refractivity contribution in [1.82, 2.24) is 10.3 Å². The van der Waals surface area contributed by atoms with E-state index >= 15 is 0 Å². The molecule has 0 saturated carbocycles. The van der Waals surface area contributed by atoms with Crippen molar-refractivity contribution in [3.8, 4) is 0 Å². The summed E-state index contributed by atoms with van der Waals surface area (Å²) in [4.78, 5) is 15.9. The largest absolute Gasteiger partial charge is 0.388 e. The average molecular weight is 332 g/mol. The van der Waals surface area contributed by atoms with Crippen LogP contribution in [0.15, 0.2) is 23.4 Å². The van der Waals surface area contributed by atoms with Gasteiger partial charge in [-0.25, -0.2) is 4.98 Å². The Morgan fingerprint density at radius 3 is 2.77 bits per heavy atom. The first-order valence-corrected chi connectivity index (χ1v) is 7.99. The molecule has 0 spiro atoms. The number of amides is 1. The van der Waals surface area contributed by atoms with Crippen molar-refractivity contribution in [2.75, 3.05) is 6.54 Å². The van der Waals surface area contributed by atoms with Crippen LogP contribution >= 0.6 is 11.8 Å². The van der Waals surface area contributed by atoms with Crippen molar-refractivity contribution >= 4 is 17.7 Å². The molecule has 22 heavy (non-hydrogen) atoms. The lowest BCUT2D eigenvalue weighted by molar-refractivity contribution is 0.0428. The molecular weight excluding hydrogens is 310 g/mol. The van der Waals surface area contributed by atoms with Gasteiger partial charge in [-0.2, -0.15) is 8.78 Å². The molecule has 7 heteroatoms. The number of carbonyl (C=O) groups excluding carboxylic acids is 1. The van der Waals surface area contributed by atoms with Gasteiger partial charge >= 0.3 is 0 Å². The minimum atomic E-state index is -2.64. The molecule has 0 saturated heterocycles. The number of hydrogen-bond donors (Lipinski definition) is 2. The van der Waals surface area contributed by atoms with E-state index in [0.29, 0.717) is 12.3 Å². The van der Waals surface area contributed by atoms with E-state index in [1.165, 1.54) is 18.3 Å². The Bertz CT molecular complexity index is 496. The molecule has 1 aromatic heterocycles. The summed E-state index contributed by atoms with van der Waals surface area (Å²) < 4.78 is 24.9. The van der Waals surface area contributed by atoms with Crippen LogP contribution < -0.4 is 5.32 Å². The topological polar surface area (TPSA) is 62.2 Å². The molecule has 124 valence electrons. The average Bonchev–Trinajstić information content (AvgIpc) is 2.43. The maximum atomic E-state index is 12.5. The number of alkyl halides is 2. The van der Waals surface area contributed by atoms with Gasteiger partial charge in [-0.3, -0.25) is 4.79 Å². The summed E-state index contributed by atoms with van der Waals surface area (Å²) in [5.41, 5.74) is -0.939. The molecule has 1 amide bonds. The third kappa shape index (κ3) is 6.70. The lowest BCUT2D eigenvalue weighted by Gasteiger charge is -2.24. The SMILES string of the molecule is CC(C)CCC(C)(O)CNC(=O)c1cccnc1SC(F)F. The predicted molar refractivity (Wildman–Crippen MR) is 83.1 cm³/mol. The minimum Gasteiger partial charge on any atom is -0.388 e. The van der Waals surface area contributed by atoms with Crippen molar-refractivity contribution < 1.29 is 18.7 Å². The maximum absolute atomic E-state index is 12.5. The fraction of sp³-hybridized carbons (Fsp3) is 0.600. The van der Waals surface area contributed by atoms with Crippen LogP contribution in [0.25, 0.3) is 0 Å². The standard InChI is InChI=1S/C15H22F2N2O2S/c1-10(2)6-7-15(3,21)9-19-12(20)11-5-4-8-18-13(11)22-14(16)17/h4-5,8,10,14,21H,6-7,9H2,1-3H3,(H,19,20). The third-order valence-electron chi connectivity index (χ3n) is 3.11. The van der Waals surface area contributed by atoms with E-state index in [1.807, 2.05) is 0 Å². The van der Waals surface area contributed by atoms with Crippen LogP contribution in [0, 0.1) is 5.92 Å². The highest BCUT2D eigenvalue weighted by atomic mass is 32.2. The molecule has 2 N–H and O–H groups in total. The molecular formula is C15H22F2N2O2S. The number of hydrogen-bond acceptors (Lipinski definition) is 4. The van der Waals surface area contributed by atoms with E-state index in [2.05, 4.69) is 24.1 Å². The Hall–Kier alpha value is -1.21. The molecule has 0 radical (unpaired) electrons. The van der Waals surface area contributed by atoms with Crippen molar-refractivity contribution in [3.05, 3.63) is 23.9 Å². The van der Waals surface area contributed by atoms with Crippen molar-refractivity contribution in [2.45, 2.75) is 50.0 Å². The number of thioether (sulfide) groups is 1. The lowest BCUT2D eigenvalue weighted by atomic mass is 9.95. The Morgan fingerprint density at radius 1 is 1.50 bits per heavy atom. The Labute approximate surface area is 133 Å². The van der Waals surface area contributed by atoms with Gasteiger partial charge in [-0.05, 0) is 49.6 Å². The number of aromatic nitrogens is 1. The van der Waals surface area contributed by atoms with Crippen LogP contribution in [0.2, 0.25) is 0 Å². The first kappa shape index (κ1) is 18.8. The van der Waals surface area contributed by atoms with Gasteiger partial charge in [0, 0.05) is 12.7 Å². The maximum Gasteiger partial charge on any atom is 0.290 e. The summed E-state index contributed by atoms with van der Waals surface area (Å²) in [6.07, 6.45) is 2.75. The molecule has 1 unspecified atom stereocenters. The van der Waals surface area contributed by atoms with Gasteiger partial charge in [-0.1, -0.05) is 13.8 Å². The second-order valence-electron chi connectivity index (χ2n) is 5.85. The zero-order valence-electron chi connectivity index (χ0n) is 13.0. The highest BCUT2D eigenvalue weighted by Crippen LogP contribution is 2.26. The first-order chi connectivity index (χ1) is 10.2. The Morgan fingerprint density at radius 2 is 2.18 bits per heavy atom. The van der Waals surface area contributed by atoms with Gasteiger partial charge in [0.15, 0.2) is 0 Å². The number of carbonyl (C=O) groups is 1. The normalized spacial score (nSPS) is 14.2. The predicted octanol–water partition coefficient (Wildman–Crippen LogP) is 3.31. The van der Waals surface area contributed by atoms with Crippen LogP contribution in [0.3, 0.4) is 0 Å². The fourth-order valence-corrected chi connectivity index (χ4v) is 2.37. The molecule has 1 atom stereocenters. The molecule has 1 aromatic rings. The van der Waals surface area contributed by atoms with Crippen LogP contribution in [-0.2, 0) is 0 Å².